The lowest BCUT2D eigenvalue weighted by atomic mass is 10.0. The van der Waals surface area contributed by atoms with Crippen LogP contribution in [0.5, 0.6) is 0 Å². The van der Waals surface area contributed by atoms with Crippen molar-refractivity contribution >= 4 is 16.9 Å². The Balaban J connectivity index is 2.04. The first-order valence-electron chi connectivity index (χ1n) is 6.72. The zero-order valence-corrected chi connectivity index (χ0v) is 11.2. The second kappa shape index (κ2) is 5.01. The number of aliphatic hydroxyl groups excluding tert-OH is 3. The highest BCUT2D eigenvalue weighted by Gasteiger charge is 2.34. The number of nitrogens with zero attached hydrogens (tertiary/aromatic N) is 3. The molecule has 1 aliphatic heterocycles. The Morgan fingerprint density at radius 2 is 1.95 bits per heavy atom. The van der Waals surface area contributed by atoms with Crippen molar-refractivity contribution in [3.05, 3.63) is 18.1 Å². The van der Waals surface area contributed by atoms with E-state index in [9.17, 15) is 15.3 Å². The Hall–Kier alpha value is -1.70. The fraction of sp³-hybridized carbons (Fsp3) is 0.538. The van der Waals surface area contributed by atoms with Gasteiger partial charge in [-0.2, -0.15) is 0 Å². The van der Waals surface area contributed by atoms with E-state index in [1.54, 1.807) is 4.90 Å². The minimum Gasteiger partial charge on any atom is -0.388 e. The summed E-state index contributed by atoms with van der Waals surface area (Å²) < 4.78 is 0. The summed E-state index contributed by atoms with van der Waals surface area (Å²) in [6.45, 7) is 2.51. The predicted octanol–water partition coefficient (Wildman–Crippen LogP) is -0.577. The third kappa shape index (κ3) is 2.04. The van der Waals surface area contributed by atoms with E-state index in [2.05, 4.69) is 15.0 Å². The molecule has 1 saturated heterocycles. The average Bonchev–Trinajstić information content (AvgIpc) is 2.87. The molecule has 1 unspecified atom stereocenters. The first-order valence-corrected chi connectivity index (χ1v) is 6.72. The molecule has 0 bridgehead atoms. The van der Waals surface area contributed by atoms with Crippen molar-refractivity contribution in [2.45, 2.75) is 31.7 Å². The normalized spacial score (nSPS) is 27.2. The van der Waals surface area contributed by atoms with Gasteiger partial charge in [0.05, 0.1) is 17.6 Å². The van der Waals surface area contributed by atoms with Crippen LogP contribution in [-0.4, -0.2) is 61.7 Å². The molecule has 4 N–H and O–H groups in total. The van der Waals surface area contributed by atoms with E-state index < -0.39 is 18.3 Å². The second-order valence-corrected chi connectivity index (χ2v) is 5.12. The largest absolute Gasteiger partial charge is 0.388 e. The van der Waals surface area contributed by atoms with E-state index >= 15 is 0 Å². The third-order valence-electron chi connectivity index (χ3n) is 3.82. The SMILES string of the molecule is CCc1c[nH]c2ncnc(N3C[C@@H](O)C(O)[C@@H](O)C3)c12. The predicted molar refractivity (Wildman–Crippen MR) is 73.5 cm³/mol. The minimum atomic E-state index is -1.11. The van der Waals surface area contributed by atoms with E-state index in [1.807, 2.05) is 13.1 Å². The first kappa shape index (κ1) is 13.3. The van der Waals surface area contributed by atoms with Crippen LogP contribution < -0.4 is 4.90 Å². The highest BCUT2D eigenvalue weighted by atomic mass is 16.4. The summed E-state index contributed by atoms with van der Waals surface area (Å²) in [5, 5.41) is 30.2. The molecule has 7 heteroatoms. The summed E-state index contributed by atoms with van der Waals surface area (Å²) in [6.07, 6.45) is 1.09. The van der Waals surface area contributed by atoms with Gasteiger partial charge in [0.15, 0.2) is 0 Å². The van der Waals surface area contributed by atoms with Gasteiger partial charge in [-0.3, -0.25) is 0 Å². The quantitative estimate of drug-likeness (QED) is 0.586. The molecule has 0 aliphatic carbocycles. The van der Waals surface area contributed by atoms with Crippen LogP contribution in [0.3, 0.4) is 0 Å². The van der Waals surface area contributed by atoms with Crippen molar-refractivity contribution in [1.29, 1.82) is 0 Å². The molecule has 0 saturated carbocycles. The molecule has 2 aromatic heterocycles. The smallest absolute Gasteiger partial charge is 0.143 e. The van der Waals surface area contributed by atoms with Gasteiger partial charge in [-0.25, -0.2) is 9.97 Å². The summed E-state index contributed by atoms with van der Waals surface area (Å²) in [4.78, 5) is 13.4. The zero-order valence-electron chi connectivity index (χ0n) is 11.2. The molecule has 0 radical (unpaired) electrons. The third-order valence-corrected chi connectivity index (χ3v) is 3.82. The van der Waals surface area contributed by atoms with Crippen molar-refractivity contribution in [3.63, 3.8) is 0 Å². The molecule has 3 heterocycles. The van der Waals surface area contributed by atoms with Crippen molar-refractivity contribution in [2.75, 3.05) is 18.0 Å². The molecule has 2 aromatic rings. The fourth-order valence-electron chi connectivity index (χ4n) is 2.70. The summed E-state index contributed by atoms with van der Waals surface area (Å²) in [5.74, 6) is 0.679. The maximum absolute atomic E-state index is 9.83. The van der Waals surface area contributed by atoms with E-state index in [0.29, 0.717) is 5.82 Å². The van der Waals surface area contributed by atoms with Gasteiger partial charge in [0, 0.05) is 19.3 Å². The fourth-order valence-corrected chi connectivity index (χ4v) is 2.70. The zero-order chi connectivity index (χ0) is 14.3. The van der Waals surface area contributed by atoms with Gasteiger partial charge in [-0.15, -0.1) is 0 Å². The van der Waals surface area contributed by atoms with Crippen LogP contribution in [0.15, 0.2) is 12.5 Å². The number of hydrogen-bond acceptors (Lipinski definition) is 6. The lowest BCUT2D eigenvalue weighted by Crippen LogP contribution is -2.55. The number of β-amino-alcohol motifs (C(OH)–C–C–N with tert-alkyl or cyclic N) is 2. The Kier molecular flexibility index (Phi) is 3.33. The summed E-state index contributed by atoms with van der Waals surface area (Å²) in [7, 11) is 0. The molecule has 1 fully saturated rings. The Morgan fingerprint density at radius 3 is 2.60 bits per heavy atom. The summed E-state index contributed by atoms with van der Waals surface area (Å²) in [6, 6.07) is 0. The molecule has 7 nitrogen and oxygen atoms in total. The maximum Gasteiger partial charge on any atom is 0.143 e. The average molecular weight is 278 g/mol. The van der Waals surface area contributed by atoms with Gasteiger partial charge in [0.25, 0.3) is 0 Å². The number of H-pyrrole nitrogens is 1. The van der Waals surface area contributed by atoms with Crippen LogP contribution in [0.25, 0.3) is 11.0 Å². The van der Waals surface area contributed by atoms with E-state index in [-0.39, 0.29) is 13.1 Å². The van der Waals surface area contributed by atoms with Crippen molar-refractivity contribution in [3.8, 4) is 0 Å². The molecule has 3 rings (SSSR count). The van der Waals surface area contributed by atoms with Crippen molar-refractivity contribution in [1.82, 2.24) is 15.0 Å². The number of rotatable bonds is 2. The lowest BCUT2D eigenvalue weighted by Gasteiger charge is -2.37. The highest BCUT2D eigenvalue weighted by Crippen LogP contribution is 2.28. The number of anilines is 1. The number of nitrogens with one attached hydrogen (secondary N) is 1. The van der Waals surface area contributed by atoms with E-state index in [1.165, 1.54) is 6.33 Å². The highest BCUT2D eigenvalue weighted by molar-refractivity contribution is 5.90. The maximum atomic E-state index is 9.83. The Morgan fingerprint density at radius 1 is 1.25 bits per heavy atom. The van der Waals surface area contributed by atoms with Gasteiger partial charge >= 0.3 is 0 Å². The number of hydrogen-bond donors (Lipinski definition) is 4. The van der Waals surface area contributed by atoms with Crippen LogP contribution in [0.2, 0.25) is 0 Å². The number of piperidine rings is 1. The molecule has 0 amide bonds. The molecular weight excluding hydrogens is 260 g/mol. The molecule has 0 spiro atoms. The number of aliphatic hydroxyl groups is 3. The molecule has 0 aromatic carbocycles. The topological polar surface area (TPSA) is 106 Å². The van der Waals surface area contributed by atoms with Gasteiger partial charge in [-0.05, 0) is 12.0 Å². The molecule has 3 atom stereocenters. The molecule has 108 valence electrons. The van der Waals surface area contributed by atoms with Crippen molar-refractivity contribution in [2.24, 2.45) is 0 Å². The first-order chi connectivity index (χ1) is 9.61. The number of fused-ring (bicyclic) bond motifs is 1. The minimum absolute atomic E-state index is 0.235. The summed E-state index contributed by atoms with van der Waals surface area (Å²) >= 11 is 0. The Labute approximate surface area is 115 Å². The van der Waals surface area contributed by atoms with Crippen LogP contribution in [0, 0.1) is 0 Å². The van der Waals surface area contributed by atoms with Crippen LogP contribution in [0.1, 0.15) is 12.5 Å². The standard InChI is InChI=1S/C13H18N4O3/c1-2-7-3-14-12-10(7)13(16-6-15-12)17-4-8(18)11(20)9(19)5-17/h3,6,8-9,11,18-20H,2,4-5H2,1H3,(H,14,15,16)/t8-,9+,11?. The van der Waals surface area contributed by atoms with Crippen molar-refractivity contribution < 1.29 is 15.3 Å². The van der Waals surface area contributed by atoms with E-state index in [0.717, 1.165) is 23.0 Å². The lowest BCUT2D eigenvalue weighted by molar-refractivity contribution is -0.0673. The van der Waals surface area contributed by atoms with Gasteiger partial charge in [-0.1, -0.05) is 6.92 Å². The number of aromatic nitrogens is 3. The van der Waals surface area contributed by atoms with Gasteiger partial charge in [0.2, 0.25) is 0 Å². The monoisotopic (exact) mass is 278 g/mol. The molecule has 1 aliphatic rings. The van der Waals surface area contributed by atoms with Gasteiger partial charge in [0.1, 0.15) is 23.9 Å². The molecular formula is C13H18N4O3. The van der Waals surface area contributed by atoms with Crippen LogP contribution >= 0.6 is 0 Å². The van der Waals surface area contributed by atoms with Gasteiger partial charge < -0.3 is 25.2 Å². The Bertz CT molecular complexity index is 603. The van der Waals surface area contributed by atoms with E-state index in [4.69, 9.17) is 0 Å². The van der Waals surface area contributed by atoms with Crippen LogP contribution in [0.4, 0.5) is 5.82 Å². The number of aryl methyl sites for hydroxylation is 1. The second-order valence-electron chi connectivity index (χ2n) is 5.12. The molecule has 20 heavy (non-hydrogen) atoms. The number of aromatic amines is 1. The van der Waals surface area contributed by atoms with Crippen LogP contribution in [-0.2, 0) is 6.42 Å². The summed E-state index contributed by atoms with van der Waals surface area (Å²) in [5.41, 5.74) is 1.83.